The van der Waals surface area contributed by atoms with Gasteiger partial charge in [-0.3, -0.25) is 14.8 Å². The third-order valence-corrected chi connectivity index (χ3v) is 7.32. The van der Waals surface area contributed by atoms with Gasteiger partial charge in [-0.25, -0.2) is 13.2 Å². The Balaban J connectivity index is 1.87. The van der Waals surface area contributed by atoms with Crippen LogP contribution in [0.3, 0.4) is 0 Å². The molecule has 1 N–H and O–H groups in total. The number of halogens is 1. The van der Waals surface area contributed by atoms with Crippen LogP contribution in [0.15, 0.2) is 65.6 Å². The van der Waals surface area contributed by atoms with Crippen molar-refractivity contribution in [1.29, 1.82) is 0 Å². The molecular formula is C25H22ClN3O6S. The molecule has 36 heavy (non-hydrogen) atoms. The molecule has 186 valence electrons. The van der Waals surface area contributed by atoms with Gasteiger partial charge in [0.2, 0.25) is 0 Å². The number of aryl methyl sites for hydroxylation is 1. The van der Waals surface area contributed by atoms with Crippen LogP contribution in [0.5, 0.6) is 0 Å². The van der Waals surface area contributed by atoms with Gasteiger partial charge in [0.1, 0.15) is 0 Å². The number of fused-ring (bicyclic) bond motifs is 1. The van der Waals surface area contributed by atoms with Gasteiger partial charge in [-0.05, 0) is 57.2 Å². The minimum atomic E-state index is -4.10. The van der Waals surface area contributed by atoms with Crippen molar-refractivity contribution in [2.24, 2.45) is 0 Å². The topological polar surface area (TPSA) is 121 Å². The van der Waals surface area contributed by atoms with Crippen molar-refractivity contribution in [2.75, 3.05) is 11.3 Å². The maximum Gasteiger partial charge on any atom is 0.340 e. The summed E-state index contributed by atoms with van der Waals surface area (Å²) in [6.07, 6.45) is 0. The highest BCUT2D eigenvalue weighted by Crippen LogP contribution is 2.37. The minimum absolute atomic E-state index is 0.123. The Hall–Kier alpha value is -3.89. The third-order valence-electron chi connectivity index (χ3n) is 5.64. The van der Waals surface area contributed by atoms with Crippen molar-refractivity contribution in [3.05, 3.63) is 92.6 Å². The molecule has 0 amide bonds. The fourth-order valence-electron chi connectivity index (χ4n) is 3.99. The van der Waals surface area contributed by atoms with Gasteiger partial charge in [-0.15, -0.1) is 0 Å². The predicted molar refractivity (Wildman–Crippen MR) is 138 cm³/mol. The Kier molecular flexibility index (Phi) is 6.75. The van der Waals surface area contributed by atoms with Crippen molar-refractivity contribution < 1.29 is 22.9 Å². The lowest BCUT2D eigenvalue weighted by atomic mass is 10.1. The summed E-state index contributed by atoms with van der Waals surface area (Å²) in [7, 11) is -4.10. The summed E-state index contributed by atoms with van der Waals surface area (Å²) in [6.45, 7) is 5.59. The van der Waals surface area contributed by atoms with E-state index in [1.54, 1.807) is 13.8 Å². The van der Waals surface area contributed by atoms with Crippen molar-refractivity contribution >= 4 is 49.9 Å². The number of carbonyl (C=O) groups is 1. The van der Waals surface area contributed by atoms with Gasteiger partial charge in [-0.1, -0.05) is 29.3 Å². The fourth-order valence-corrected chi connectivity index (χ4v) is 5.33. The maximum absolute atomic E-state index is 13.0. The zero-order valence-corrected chi connectivity index (χ0v) is 21.2. The number of nitrogens with zero attached hydrogens (tertiary/aromatic N) is 2. The zero-order chi connectivity index (χ0) is 26.2. The van der Waals surface area contributed by atoms with Gasteiger partial charge in [0, 0.05) is 28.9 Å². The number of esters is 1. The largest absolute Gasteiger partial charge is 0.462 e. The smallest absolute Gasteiger partial charge is 0.340 e. The second kappa shape index (κ2) is 9.63. The van der Waals surface area contributed by atoms with Crippen LogP contribution in [0.2, 0.25) is 5.02 Å². The molecule has 0 atom stereocenters. The molecule has 9 nitrogen and oxygen atoms in total. The molecule has 3 aromatic carbocycles. The van der Waals surface area contributed by atoms with Gasteiger partial charge in [0.25, 0.3) is 15.7 Å². The minimum Gasteiger partial charge on any atom is -0.462 e. The Morgan fingerprint density at radius 3 is 2.31 bits per heavy atom. The molecule has 11 heteroatoms. The molecule has 0 unspecified atom stereocenters. The number of nitro groups is 1. The Labute approximate surface area is 212 Å². The first-order chi connectivity index (χ1) is 17.0. The molecule has 0 fully saturated rings. The number of rotatable bonds is 7. The number of benzene rings is 3. The zero-order valence-electron chi connectivity index (χ0n) is 19.6. The highest BCUT2D eigenvalue weighted by atomic mass is 35.5. The van der Waals surface area contributed by atoms with Crippen LogP contribution in [0.25, 0.3) is 16.6 Å². The molecule has 0 saturated heterocycles. The van der Waals surface area contributed by atoms with Crippen LogP contribution >= 0.6 is 11.6 Å². The van der Waals surface area contributed by atoms with E-state index < -0.39 is 20.9 Å². The van der Waals surface area contributed by atoms with E-state index in [0.717, 1.165) is 35.5 Å². The highest BCUT2D eigenvalue weighted by Gasteiger charge is 2.25. The van der Waals surface area contributed by atoms with Crippen LogP contribution < -0.4 is 4.72 Å². The second-order valence-electron chi connectivity index (χ2n) is 8.06. The second-order valence-corrected chi connectivity index (χ2v) is 10.2. The summed E-state index contributed by atoms with van der Waals surface area (Å²) in [5.74, 6) is -0.558. The molecular weight excluding hydrogens is 506 g/mol. The van der Waals surface area contributed by atoms with E-state index in [0.29, 0.717) is 16.6 Å². The summed E-state index contributed by atoms with van der Waals surface area (Å²) in [5.41, 5.74) is 3.12. The van der Waals surface area contributed by atoms with Gasteiger partial charge in [-0.2, -0.15) is 0 Å². The number of nitrogens with one attached hydrogen (secondary N) is 1. The van der Waals surface area contributed by atoms with E-state index in [1.165, 1.54) is 12.1 Å². The Morgan fingerprint density at radius 2 is 1.72 bits per heavy atom. The number of nitro benzene ring substituents is 1. The summed E-state index contributed by atoms with van der Waals surface area (Å²) < 4.78 is 35.5. The average Bonchev–Trinajstić information content (AvgIpc) is 3.11. The maximum atomic E-state index is 13.0. The summed E-state index contributed by atoms with van der Waals surface area (Å²) in [4.78, 5) is 23.0. The van der Waals surface area contributed by atoms with E-state index >= 15 is 0 Å². The Morgan fingerprint density at radius 1 is 1.08 bits per heavy atom. The van der Waals surface area contributed by atoms with E-state index in [9.17, 15) is 23.3 Å². The lowest BCUT2D eigenvalue weighted by molar-refractivity contribution is -0.384. The predicted octanol–water partition coefficient (Wildman–Crippen LogP) is 5.79. The number of sulfonamides is 1. The molecule has 0 radical (unpaired) electrons. The van der Waals surface area contributed by atoms with Crippen molar-refractivity contribution in [3.63, 3.8) is 0 Å². The molecule has 0 bridgehead atoms. The number of ether oxygens (including phenoxy) is 1. The summed E-state index contributed by atoms with van der Waals surface area (Å²) in [6, 6.07) is 15.1. The fraction of sp³-hybridized carbons (Fsp3) is 0.160. The lowest BCUT2D eigenvalue weighted by Gasteiger charge is -2.12. The van der Waals surface area contributed by atoms with Gasteiger partial charge >= 0.3 is 5.97 Å². The van der Waals surface area contributed by atoms with E-state index in [2.05, 4.69) is 4.72 Å². The molecule has 0 aliphatic carbocycles. The van der Waals surface area contributed by atoms with Crippen LogP contribution in [-0.4, -0.2) is 30.5 Å². The van der Waals surface area contributed by atoms with Crippen LogP contribution in [-0.2, 0) is 14.8 Å². The summed E-state index contributed by atoms with van der Waals surface area (Å²) in [5, 5.41) is 11.5. The van der Waals surface area contributed by atoms with Gasteiger partial charge < -0.3 is 9.30 Å². The molecule has 1 aromatic heterocycles. The van der Waals surface area contributed by atoms with Crippen LogP contribution in [0.1, 0.15) is 28.5 Å². The molecule has 0 saturated carbocycles. The number of non-ortho nitro benzene ring substituents is 1. The van der Waals surface area contributed by atoms with Crippen molar-refractivity contribution in [1.82, 2.24) is 4.57 Å². The molecule has 4 rings (SSSR count). The van der Waals surface area contributed by atoms with Gasteiger partial charge in [0.05, 0.1) is 38.2 Å². The first-order valence-corrected chi connectivity index (χ1v) is 12.8. The molecule has 0 aliphatic rings. The van der Waals surface area contributed by atoms with E-state index in [4.69, 9.17) is 16.3 Å². The number of hydrogen-bond donors (Lipinski definition) is 1. The van der Waals surface area contributed by atoms with Gasteiger partial charge in [0.15, 0.2) is 0 Å². The lowest BCUT2D eigenvalue weighted by Crippen LogP contribution is -2.13. The first-order valence-electron chi connectivity index (χ1n) is 10.9. The number of anilines is 1. The normalized spacial score (nSPS) is 11.4. The molecule has 0 spiro atoms. The molecule has 4 aromatic rings. The Bertz CT molecular complexity index is 1590. The van der Waals surface area contributed by atoms with Crippen LogP contribution in [0, 0.1) is 24.0 Å². The third kappa shape index (κ3) is 4.65. The standard InChI is InChI=1S/C25H22ClN3O6S/c1-4-35-25(30)23-16(3)28(18-7-5-15(2)6-8-18)24-21(23)13-17(14-22(24)26)27-36(33,34)20-11-9-19(10-12-20)29(31)32/h5-14,27H,4H2,1-3H3. The first kappa shape index (κ1) is 25.2. The number of aromatic nitrogens is 1. The summed E-state index contributed by atoms with van der Waals surface area (Å²) >= 11 is 6.66. The monoisotopic (exact) mass is 527 g/mol. The van der Waals surface area contributed by atoms with Crippen molar-refractivity contribution in [3.8, 4) is 5.69 Å². The number of hydrogen-bond acceptors (Lipinski definition) is 6. The molecule has 1 heterocycles. The van der Waals surface area contributed by atoms with Crippen molar-refractivity contribution in [2.45, 2.75) is 25.7 Å². The quantitative estimate of drug-likeness (QED) is 0.184. The van der Waals surface area contributed by atoms with E-state index in [1.807, 2.05) is 35.8 Å². The van der Waals surface area contributed by atoms with Crippen LogP contribution in [0.4, 0.5) is 11.4 Å². The highest BCUT2D eigenvalue weighted by molar-refractivity contribution is 7.92. The average molecular weight is 528 g/mol. The molecule has 0 aliphatic heterocycles. The van der Waals surface area contributed by atoms with E-state index in [-0.39, 0.29) is 33.5 Å². The number of carbonyl (C=O) groups excluding carboxylic acids is 1. The SMILES string of the molecule is CCOC(=O)c1c(C)n(-c2ccc(C)cc2)c2c(Cl)cc(NS(=O)(=O)c3ccc([N+](=O)[O-])cc3)cc12.